The smallest absolute Gasteiger partial charge is 0.442 e. The summed E-state index contributed by atoms with van der Waals surface area (Å²) in [5, 5.41) is 5.53. The van der Waals surface area contributed by atoms with Crippen molar-refractivity contribution in [1.82, 2.24) is 5.27 Å². The lowest BCUT2D eigenvalue weighted by atomic mass is 10.2. The molecule has 1 aromatic heterocycles. The number of carbonyl (C=O) groups excluding carboxylic acids is 2. The van der Waals surface area contributed by atoms with Gasteiger partial charge < -0.3 is 10.1 Å². The van der Waals surface area contributed by atoms with Crippen LogP contribution in [0.25, 0.3) is 5.69 Å². The van der Waals surface area contributed by atoms with Gasteiger partial charge in [-0.2, -0.15) is 0 Å². The molecule has 29 heavy (non-hydrogen) atoms. The van der Waals surface area contributed by atoms with Crippen molar-refractivity contribution < 1.29 is 23.5 Å². The molecule has 0 radical (unpaired) electrons. The third kappa shape index (κ3) is 5.14. The summed E-state index contributed by atoms with van der Waals surface area (Å²) in [6, 6.07) is 13.9. The Bertz CT molecular complexity index is 1050. The van der Waals surface area contributed by atoms with E-state index in [0.29, 0.717) is 17.9 Å². The zero-order valence-corrected chi connectivity index (χ0v) is 16.7. The molecule has 1 heterocycles. The third-order valence-corrected chi connectivity index (χ3v) is 4.95. The number of nitrogens with zero attached hydrogens (tertiary/aromatic N) is 1. The monoisotopic (exact) mass is 414 g/mol. The molecule has 0 aliphatic rings. The van der Waals surface area contributed by atoms with Gasteiger partial charge in [0.05, 0.1) is 17.9 Å². The van der Waals surface area contributed by atoms with Crippen LogP contribution in [-0.4, -0.2) is 29.5 Å². The summed E-state index contributed by atoms with van der Waals surface area (Å²) >= 11 is 1.06. The molecule has 0 saturated heterocycles. The maximum atomic E-state index is 12.3. The van der Waals surface area contributed by atoms with Crippen molar-refractivity contribution in [1.29, 1.82) is 0 Å². The lowest BCUT2D eigenvalue weighted by Crippen LogP contribution is -2.36. The minimum atomic E-state index is -0.554. The second-order valence-electron chi connectivity index (χ2n) is 6.09. The molecule has 2 aromatic carbocycles. The van der Waals surface area contributed by atoms with Crippen molar-refractivity contribution in [2.75, 3.05) is 17.7 Å². The number of nitrogens with one attached hydrogen (secondary N) is 2. The number of aromatic amines is 1. The fourth-order valence-corrected chi connectivity index (χ4v) is 3.26. The van der Waals surface area contributed by atoms with Gasteiger partial charge in [-0.1, -0.05) is 17.7 Å². The highest BCUT2D eigenvalue weighted by Gasteiger charge is 2.24. The quantitative estimate of drug-likeness (QED) is 0.350. The Morgan fingerprint density at radius 3 is 2.48 bits per heavy atom. The van der Waals surface area contributed by atoms with Gasteiger partial charge in [-0.05, 0) is 59.8 Å². The second-order valence-corrected chi connectivity index (χ2v) is 7.06. The number of amides is 1. The molecule has 0 aliphatic carbocycles. The van der Waals surface area contributed by atoms with Crippen molar-refractivity contribution in [2.45, 2.75) is 18.9 Å². The van der Waals surface area contributed by atoms with Gasteiger partial charge in [-0.3, -0.25) is 9.32 Å². The van der Waals surface area contributed by atoms with Gasteiger partial charge >= 0.3 is 16.6 Å². The van der Waals surface area contributed by atoms with Crippen LogP contribution in [0.15, 0.2) is 62.9 Å². The highest BCUT2D eigenvalue weighted by molar-refractivity contribution is 7.99. The van der Waals surface area contributed by atoms with Crippen LogP contribution in [0, 0.1) is 6.92 Å². The Labute approximate surface area is 170 Å². The van der Waals surface area contributed by atoms with Crippen molar-refractivity contribution in [3.63, 3.8) is 0 Å². The van der Waals surface area contributed by atoms with E-state index in [9.17, 15) is 14.4 Å². The summed E-state index contributed by atoms with van der Waals surface area (Å²) in [6.45, 7) is 3.99. The number of H-pyrrole nitrogens is 1. The Kier molecular flexibility index (Phi) is 6.50. The largest absolute Gasteiger partial charge is 0.462 e. The van der Waals surface area contributed by atoms with Crippen molar-refractivity contribution in [2.24, 2.45) is 0 Å². The SMILES string of the molecule is CCOC(=O)c1ccc(NC(=O)CSc2c(=O)o[nH][n+]2-c2ccc(C)cc2)cc1. The number of ether oxygens (including phenoxy) is 1. The molecule has 3 rings (SSSR count). The van der Waals surface area contributed by atoms with Crippen LogP contribution >= 0.6 is 11.8 Å². The maximum Gasteiger partial charge on any atom is 0.442 e. The average Bonchev–Trinajstić information content (AvgIpc) is 3.08. The molecule has 0 unspecified atom stereocenters. The van der Waals surface area contributed by atoms with Gasteiger partial charge in [0.25, 0.3) is 0 Å². The molecule has 3 aromatic rings. The first-order valence-corrected chi connectivity index (χ1v) is 9.87. The molecule has 0 saturated carbocycles. The molecule has 0 fully saturated rings. The van der Waals surface area contributed by atoms with E-state index >= 15 is 0 Å². The predicted octanol–water partition coefficient (Wildman–Crippen LogP) is 2.46. The summed E-state index contributed by atoms with van der Waals surface area (Å²) in [5.41, 5.74) is 2.20. The number of carbonyl (C=O) groups is 2. The summed E-state index contributed by atoms with van der Waals surface area (Å²) in [7, 11) is 0. The first-order valence-electron chi connectivity index (χ1n) is 8.88. The maximum absolute atomic E-state index is 12.3. The highest BCUT2D eigenvalue weighted by Crippen LogP contribution is 2.14. The zero-order chi connectivity index (χ0) is 20.8. The highest BCUT2D eigenvalue weighted by atomic mass is 32.2. The molecular weight excluding hydrogens is 394 g/mol. The molecular formula is C20H20N3O5S+. The number of esters is 1. The summed E-state index contributed by atoms with van der Waals surface area (Å²) in [5.74, 6) is -0.704. The first kappa shape index (κ1) is 20.4. The van der Waals surface area contributed by atoms with Gasteiger partial charge in [-0.15, -0.1) is 0 Å². The van der Waals surface area contributed by atoms with Crippen molar-refractivity contribution >= 4 is 29.3 Å². The molecule has 0 atom stereocenters. The lowest BCUT2D eigenvalue weighted by Gasteiger charge is -2.05. The Balaban J connectivity index is 1.63. The molecule has 0 spiro atoms. The van der Waals surface area contributed by atoms with Crippen LogP contribution in [0.5, 0.6) is 0 Å². The van der Waals surface area contributed by atoms with Gasteiger partial charge in [0.2, 0.25) is 11.6 Å². The molecule has 9 heteroatoms. The fraction of sp³-hybridized carbons (Fsp3) is 0.200. The van der Waals surface area contributed by atoms with Gasteiger partial charge in [0, 0.05) is 17.8 Å². The number of thioether (sulfide) groups is 1. The number of hydrogen-bond donors (Lipinski definition) is 2. The zero-order valence-electron chi connectivity index (χ0n) is 15.9. The van der Waals surface area contributed by atoms with E-state index in [-0.39, 0.29) is 16.7 Å². The molecule has 8 nitrogen and oxygen atoms in total. The fourth-order valence-electron chi connectivity index (χ4n) is 2.49. The predicted molar refractivity (Wildman–Crippen MR) is 107 cm³/mol. The number of rotatable bonds is 7. The average molecular weight is 414 g/mol. The van der Waals surface area contributed by atoms with E-state index in [1.165, 1.54) is 4.68 Å². The van der Waals surface area contributed by atoms with Gasteiger partial charge in [-0.25, -0.2) is 9.59 Å². The van der Waals surface area contributed by atoms with Crippen LogP contribution < -0.4 is 15.6 Å². The standard InChI is InChI=1S/C20H19N3O5S/c1-3-27-19(25)14-6-8-15(9-7-14)21-17(24)12-29-18-20(26)28-22-23(18)16-10-4-13(2)5-11-16/h4-11H,3,12H2,1-2H3,(H-,21,22,24,25,26)/p+1. The van der Waals surface area contributed by atoms with Crippen LogP contribution in [0.3, 0.4) is 0 Å². The van der Waals surface area contributed by atoms with E-state index in [2.05, 4.69) is 10.6 Å². The summed E-state index contributed by atoms with van der Waals surface area (Å²) < 4.78 is 11.3. The van der Waals surface area contributed by atoms with Crippen LogP contribution in [0.1, 0.15) is 22.8 Å². The molecule has 2 N–H and O–H groups in total. The van der Waals surface area contributed by atoms with E-state index in [4.69, 9.17) is 9.26 Å². The minimum absolute atomic E-state index is 0.00804. The second kappa shape index (κ2) is 9.24. The van der Waals surface area contributed by atoms with Crippen molar-refractivity contribution in [3.8, 4) is 5.69 Å². The van der Waals surface area contributed by atoms with E-state index < -0.39 is 11.6 Å². The number of aryl methyl sites for hydroxylation is 1. The summed E-state index contributed by atoms with van der Waals surface area (Å²) in [4.78, 5) is 35.9. The summed E-state index contributed by atoms with van der Waals surface area (Å²) in [6.07, 6.45) is 0. The van der Waals surface area contributed by atoms with Gasteiger partial charge in [0.1, 0.15) is 0 Å². The van der Waals surface area contributed by atoms with Crippen LogP contribution in [-0.2, 0) is 9.53 Å². The first-order chi connectivity index (χ1) is 14.0. The molecule has 0 aliphatic heterocycles. The van der Waals surface area contributed by atoms with Crippen molar-refractivity contribution in [3.05, 3.63) is 70.1 Å². The van der Waals surface area contributed by atoms with E-state index in [0.717, 1.165) is 23.0 Å². The van der Waals surface area contributed by atoms with E-state index in [1.54, 1.807) is 31.2 Å². The van der Waals surface area contributed by atoms with Gasteiger partial charge in [0.15, 0.2) is 0 Å². The van der Waals surface area contributed by atoms with Crippen LogP contribution in [0.2, 0.25) is 0 Å². The minimum Gasteiger partial charge on any atom is -0.462 e. The molecule has 150 valence electrons. The third-order valence-electron chi connectivity index (χ3n) is 3.92. The number of benzene rings is 2. The Hall–Kier alpha value is -3.33. The lowest BCUT2D eigenvalue weighted by molar-refractivity contribution is -0.704. The Morgan fingerprint density at radius 1 is 1.14 bits per heavy atom. The van der Waals surface area contributed by atoms with E-state index in [1.807, 2.05) is 31.2 Å². The van der Waals surface area contributed by atoms with Crippen LogP contribution in [0.4, 0.5) is 5.69 Å². The topological polar surface area (TPSA) is 105 Å². The number of hydrogen-bond acceptors (Lipinski definition) is 6. The number of anilines is 1. The number of aromatic nitrogens is 2. The molecule has 0 bridgehead atoms. The normalized spacial score (nSPS) is 10.6. The Morgan fingerprint density at radius 2 is 1.83 bits per heavy atom. The molecule has 1 amide bonds.